The highest BCUT2D eigenvalue weighted by molar-refractivity contribution is 7.82. The molecule has 5 nitrogen and oxygen atoms in total. The van der Waals surface area contributed by atoms with E-state index in [1.807, 2.05) is 0 Å². The van der Waals surface area contributed by atoms with Crippen molar-refractivity contribution in [2.75, 3.05) is 5.73 Å². The molecule has 1 atom stereocenters. The molecule has 1 unspecified atom stereocenters. The van der Waals surface area contributed by atoms with E-state index in [0.717, 1.165) is 0 Å². The Morgan fingerprint density at radius 3 is 2.60 bits per heavy atom. The van der Waals surface area contributed by atoms with Gasteiger partial charge in [-0.1, -0.05) is 12.1 Å². The van der Waals surface area contributed by atoms with Crippen molar-refractivity contribution < 1.29 is 9.00 Å². The van der Waals surface area contributed by atoms with Gasteiger partial charge in [-0.2, -0.15) is 0 Å². The van der Waals surface area contributed by atoms with Crippen LogP contribution in [0.15, 0.2) is 47.4 Å². The number of carbonyl (C=O) groups is 1. The first-order valence-corrected chi connectivity index (χ1v) is 6.94. The summed E-state index contributed by atoms with van der Waals surface area (Å²) >= 11 is 0. The zero-order valence-electron chi connectivity index (χ0n) is 10.5. The topological polar surface area (TPSA) is 110 Å². The first-order chi connectivity index (χ1) is 9.52. The quantitative estimate of drug-likeness (QED) is 0.450. The first kappa shape index (κ1) is 14.1. The summed E-state index contributed by atoms with van der Waals surface area (Å²) in [5, 5.41) is 13.5. The third kappa shape index (κ3) is 2.81. The molecular weight excluding hydrogens is 274 g/mol. The number of benzene rings is 2. The first-order valence-electron chi connectivity index (χ1n) is 5.73. The fourth-order valence-electron chi connectivity index (χ4n) is 1.80. The van der Waals surface area contributed by atoms with Crippen molar-refractivity contribution in [2.24, 2.45) is 5.14 Å². The fourth-order valence-corrected chi connectivity index (χ4v) is 2.25. The van der Waals surface area contributed by atoms with E-state index >= 15 is 0 Å². The number of aldehydes is 1. The SMILES string of the molecule is N=C(c1cccc(S(N)=O)c1)c1cc(C=O)ccc1N. The largest absolute Gasteiger partial charge is 0.398 e. The van der Waals surface area contributed by atoms with E-state index in [-0.39, 0.29) is 5.71 Å². The van der Waals surface area contributed by atoms with Gasteiger partial charge in [-0.25, -0.2) is 9.35 Å². The highest BCUT2D eigenvalue weighted by atomic mass is 32.2. The highest BCUT2D eigenvalue weighted by Crippen LogP contribution is 2.19. The summed E-state index contributed by atoms with van der Waals surface area (Å²) in [4.78, 5) is 11.2. The van der Waals surface area contributed by atoms with Gasteiger partial charge in [0, 0.05) is 22.4 Å². The second kappa shape index (κ2) is 5.77. The fraction of sp³-hybridized carbons (Fsp3) is 0. The molecule has 0 saturated carbocycles. The molecule has 5 N–H and O–H groups in total. The van der Waals surface area contributed by atoms with Crippen LogP contribution in [-0.2, 0) is 11.0 Å². The molecule has 0 fully saturated rings. The minimum absolute atomic E-state index is 0.151. The molecule has 0 aliphatic carbocycles. The van der Waals surface area contributed by atoms with Gasteiger partial charge in [0.05, 0.1) is 10.6 Å². The number of rotatable bonds is 4. The van der Waals surface area contributed by atoms with Gasteiger partial charge in [0.2, 0.25) is 0 Å². The highest BCUT2D eigenvalue weighted by Gasteiger charge is 2.11. The Labute approximate surface area is 118 Å². The predicted molar refractivity (Wildman–Crippen MR) is 79.2 cm³/mol. The van der Waals surface area contributed by atoms with Gasteiger partial charge in [-0.05, 0) is 30.3 Å². The second-order valence-electron chi connectivity index (χ2n) is 4.16. The molecular formula is C14H13N3O2S. The lowest BCUT2D eigenvalue weighted by molar-refractivity contribution is 0.112. The van der Waals surface area contributed by atoms with Crippen LogP contribution in [0, 0.1) is 5.41 Å². The van der Waals surface area contributed by atoms with Crippen LogP contribution in [0.1, 0.15) is 21.5 Å². The number of nitrogens with two attached hydrogens (primary N) is 2. The lowest BCUT2D eigenvalue weighted by Gasteiger charge is -2.09. The lowest BCUT2D eigenvalue weighted by atomic mass is 9.99. The Balaban J connectivity index is 2.48. The zero-order valence-corrected chi connectivity index (χ0v) is 11.3. The van der Waals surface area contributed by atoms with Gasteiger partial charge in [-0.15, -0.1) is 0 Å². The van der Waals surface area contributed by atoms with Gasteiger partial charge >= 0.3 is 0 Å². The molecule has 2 aromatic carbocycles. The number of hydrogen-bond acceptors (Lipinski definition) is 4. The van der Waals surface area contributed by atoms with Crippen LogP contribution >= 0.6 is 0 Å². The van der Waals surface area contributed by atoms with Crippen LogP contribution in [0.3, 0.4) is 0 Å². The van der Waals surface area contributed by atoms with Crippen molar-refractivity contribution in [3.8, 4) is 0 Å². The number of anilines is 1. The Kier molecular flexibility index (Phi) is 4.07. The van der Waals surface area contributed by atoms with Crippen molar-refractivity contribution in [3.05, 3.63) is 59.2 Å². The summed E-state index contributed by atoms with van der Waals surface area (Å²) < 4.78 is 11.3. The van der Waals surface area contributed by atoms with Gasteiger partial charge in [-0.3, -0.25) is 10.2 Å². The summed E-state index contributed by atoms with van der Waals surface area (Å²) in [6, 6.07) is 11.3. The molecule has 0 radical (unpaired) electrons. The molecule has 0 aromatic heterocycles. The number of carbonyl (C=O) groups excluding carboxylic acids is 1. The minimum atomic E-state index is -1.61. The molecule has 0 bridgehead atoms. The average Bonchev–Trinajstić information content (AvgIpc) is 2.47. The van der Waals surface area contributed by atoms with E-state index in [1.54, 1.807) is 42.5 Å². The van der Waals surface area contributed by atoms with Crippen LogP contribution in [0.25, 0.3) is 0 Å². The van der Waals surface area contributed by atoms with Crippen LogP contribution < -0.4 is 10.9 Å². The average molecular weight is 287 g/mol. The Hall–Kier alpha value is -2.31. The van der Waals surface area contributed by atoms with Crippen molar-refractivity contribution in [1.29, 1.82) is 5.41 Å². The van der Waals surface area contributed by atoms with Gasteiger partial charge in [0.15, 0.2) is 0 Å². The second-order valence-corrected chi connectivity index (χ2v) is 5.23. The maximum absolute atomic E-state index is 11.3. The van der Waals surface area contributed by atoms with Crippen molar-refractivity contribution >= 4 is 28.7 Å². The normalized spacial score (nSPS) is 11.8. The third-order valence-corrected chi connectivity index (χ3v) is 3.56. The summed E-state index contributed by atoms with van der Waals surface area (Å²) in [5.41, 5.74) is 7.83. The number of hydrogen-bond donors (Lipinski definition) is 3. The summed E-state index contributed by atoms with van der Waals surface area (Å²) in [7, 11) is -1.61. The van der Waals surface area contributed by atoms with Gasteiger partial charge in [0.25, 0.3) is 0 Å². The van der Waals surface area contributed by atoms with Crippen molar-refractivity contribution in [2.45, 2.75) is 4.90 Å². The van der Waals surface area contributed by atoms with Crippen LogP contribution in [0.4, 0.5) is 5.69 Å². The standard InChI is InChI=1S/C14H13N3O2S/c15-13-5-4-9(8-18)6-12(13)14(16)10-2-1-3-11(7-10)20(17)19/h1-8,16H,15,17H2. The van der Waals surface area contributed by atoms with E-state index in [1.165, 1.54) is 0 Å². The molecule has 0 saturated heterocycles. The van der Waals surface area contributed by atoms with Crippen molar-refractivity contribution in [3.63, 3.8) is 0 Å². The van der Waals surface area contributed by atoms with E-state index in [0.29, 0.717) is 33.6 Å². The van der Waals surface area contributed by atoms with Crippen LogP contribution in [0.2, 0.25) is 0 Å². The van der Waals surface area contributed by atoms with Crippen molar-refractivity contribution in [1.82, 2.24) is 0 Å². The maximum Gasteiger partial charge on any atom is 0.150 e. The maximum atomic E-state index is 11.3. The summed E-state index contributed by atoms with van der Waals surface area (Å²) in [6.45, 7) is 0. The van der Waals surface area contributed by atoms with Gasteiger partial charge < -0.3 is 5.73 Å². The number of nitrogens with one attached hydrogen (secondary N) is 1. The zero-order chi connectivity index (χ0) is 14.7. The molecule has 2 rings (SSSR count). The van der Waals surface area contributed by atoms with Gasteiger partial charge in [0.1, 0.15) is 17.3 Å². The smallest absolute Gasteiger partial charge is 0.150 e. The Morgan fingerprint density at radius 1 is 1.20 bits per heavy atom. The number of nitrogen functional groups attached to an aromatic ring is 1. The molecule has 0 spiro atoms. The molecule has 0 aliphatic rings. The van der Waals surface area contributed by atoms with Crippen LogP contribution in [0.5, 0.6) is 0 Å². The Bertz CT molecular complexity index is 713. The molecule has 0 amide bonds. The lowest BCUT2D eigenvalue weighted by Crippen LogP contribution is -2.08. The minimum Gasteiger partial charge on any atom is -0.398 e. The molecule has 6 heteroatoms. The van der Waals surface area contributed by atoms with Crippen LogP contribution in [-0.4, -0.2) is 16.2 Å². The molecule has 2 aromatic rings. The molecule has 0 aliphatic heterocycles. The van der Waals surface area contributed by atoms with E-state index < -0.39 is 11.0 Å². The third-order valence-electron chi connectivity index (χ3n) is 2.84. The monoisotopic (exact) mass is 287 g/mol. The molecule has 20 heavy (non-hydrogen) atoms. The van der Waals surface area contributed by atoms with E-state index in [4.69, 9.17) is 16.3 Å². The van der Waals surface area contributed by atoms with E-state index in [2.05, 4.69) is 0 Å². The Morgan fingerprint density at radius 2 is 1.95 bits per heavy atom. The molecule has 102 valence electrons. The predicted octanol–water partition coefficient (Wildman–Crippen LogP) is 1.48. The summed E-state index contributed by atoms with van der Waals surface area (Å²) in [6.07, 6.45) is 0.696. The van der Waals surface area contributed by atoms with E-state index in [9.17, 15) is 9.00 Å². The summed E-state index contributed by atoms with van der Waals surface area (Å²) in [5.74, 6) is 0. The molecule has 0 heterocycles.